The highest BCUT2D eigenvalue weighted by Gasteiger charge is 2.24. The van der Waals surface area contributed by atoms with Crippen LogP contribution in [0, 0.1) is 6.92 Å². The van der Waals surface area contributed by atoms with Crippen LogP contribution >= 0.6 is 35.2 Å². The molecule has 1 aromatic heterocycles. The van der Waals surface area contributed by atoms with Crippen molar-refractivity contribution in [2.75, 3.05) is 45.1 Å². The number of rotatable bonds is 5. The first-order valence-corrected chi connectivity index (χ1v) is 10.5. The molecule has 0 radical (unpaired) electrons. The van der Waals surface area contributed by atoms with Crippen LogP contribution < -0.4 is 10.6 Å². The summed E-state index contributed by atoms with van der Waals surface area (Å²) < 4.78 is 0. The second-order valence-electron chi connectivity index (χ2n) is 6.67. The Balaban J connectivity index is 1.60. The molecule has 7 heteroatoms. The zero-order chi connectivity index (χ0) is 18.5. The van der Waals surface area contributed by atoms with Gasteiger partial charge in [0.15, 0.2) is 5.11 Å². The molecule has 1 unspecified atom stereocenters. The molecule has 1 atom stereocenters. The van der Waals surface area contributed by atoms with Crippen LogP contribution in [0.3, 0.4) is 0 Å². The van der Waals surface area contributed by atoms with Crippen molar-refractivity contribution in [3.63, 3.8) is 0 Å². The smallest absolute Gasteiger partial charge is 0.170 e. The fraction of sp³-hybridized carbons (Fsp3) is 0.421. The number of piperazine rings is 1. The number of halogens is 1. The van der Waals surface area contributed by atoms with E-state index in [-0.39, 0.29) is 0 Å². The maximum atomic E-state index is 6.19. The van der Waals surface area contributed by atoms with Gasteiger partial charge in [0.05, 0.1) is 6.04 Å². The van der Waals surface area contributed by atoms with Crippen molar-refractivity contribution >= 4 is 46.0 Å². The molecule has 1 aromatic carbocycles. The quantitative estimate of drug-likeness (QED) is 0.730. The van der Waals surface area contributed by atoms with Gasteiger partial charge < -0.3 is 15.5 Å². The van der Waals surface area contributed by atoms with Crippen molar-refractivity contribution in [3.8, 4) is 0 Å². The minimum atomic E-state index is 0.338. The molecule has 0 aliphatic carbocycles. The lowest BCUT2D eigenvalue weighted by atomic mass is 10.1. The molecule has 3 rings (SSSR count). The molecule has 0 amide bonds. The van der Waals surface area contributed by atoms with Crippen molar-refractivity contribution < 1.29 is 0 Å². The standard InChI is InChI=1S/C19H25ClN4S2/c1-14-5-6-15(12-16(14)20)22-19(25)21-13-17(18-4-3-11-26-18)24-9-7-23(2)8-10-24/h3-6,11-12,17H,7-10,13H2,1-2H3,(H2,21,22,25). The summed E-state index contributed by atoms with van der Waals surface area (Å²) in [5.74, 6) is 0. The molecule has 1 aliphatic heterocycles. The van der Waals surface area contributed by atoms with Gasteiger partial charge in [0.2, 0.25) is 0 Å². The normalized spacial score (nSPS) is 17.0. The highest BCUT2D eigenvalue weighted by Crippen LogP contribution is 2.26. The molecule has 2 aromatic rings. The molecule has 1 aliphatic rings. The average Bonchev–Trinajstić information content (AvgIpc) is 3.14. The van der Waals surface area contributed by atoms with Crippen molar-refractivity contribution in [1.29, 1.82) is 0 Å². The minimum absolute atomic E-state index is 0.338. The summed E-state index contributed by atoms with van der Waals surface area (Å²) in [6, 6.07) is 10.6. The molecular weight excluding hydrogens is 384 g/mol. The van der Waals surface area contributed by atoms with Gasteiger partial charge in [0.1, 0.15) is 0 Å². The number of likely N-dealkylation sites (N-methyl/N-ethyl adjacent to an activating group) is 1. The Labute approximate surface area is 170 Å². The Morgan fingerprint density at radius 1 is 1.27 bits per heavy atom. The maximum absolute atomic E-state index is 6.19. The molecule has 1 fully saturated rings. The van der Waals surface area contributed by atoms with Crippen LogP contribution in [-0.4, -0.2) is 54.7 Å². The fourth-order valence-electron chi connectivity index (χ4n) is 3.06. The topological polar surface area (TPSA) is 30.5 Å². The van der Waals surface area contributed by atoms with Gasteiger partial charge in [-0.05, 0) is 55.3 Å². The predicted molar refractivity (Wildman–Crippen MR) is 117 cm³/mol. The maximum Gasteiger partial charge on any atom is 0.170 e. The second-order valence-corrected chi connectivity index (χ2v) is 8.46. The van der Waals surface area contributed by atoms with Crippen LogP contribution in [0.1, 0.15) is 16.5 Å². The van der Waals surface area contributed by atoms with E-state index in [2.05, 4.69) is 45.0 Å². The van der Waals surface area contributed by atoms with Gasteiger partial charge in [-0.2, -0.15) is 0 Å². The fourth-order valence-corrected chi connectivity index (χ4v) is 4.30. The Morgan fingerprint density at radius 2 is 2.04 bits per heavy atom. The third-order valence-corrected chi connectivity index (χ3v) is 6.36. The third-order valence-electron chi connectivity index (χ3n) is 4.74. The molecule has 0 saturated carbocycles. The van der Waals surface area contributed by atoms with E-state index in [0.29, 0.717) is 11.2 Å². The number of anilines is 1. The number of hydrogen-bond acceptors (Lipinski definition) is 4. The number of nitrogens with zero attached hydrogens (tertiary/aromatic N) is 2. The van der Waals surface area contributed by atoms with E-state index in [4.69, 9.17) is 23.8 Å². The Kier molecular flexibility index (Phi) is 6.89. The van der Waals surface area contributed by atoms with Crippen molar-refractivity contribution in [1.82, 2.24) is 15.1 Å². The lowest BCUT2D eigenvalue weighted by Gasteiger charge is -2.37. The van der Waals surface area contributed by atoms with Crippen molar-refractivity contribution in [3.05, 3.63) is 51.2 Å². The van der Waals surface area contributed by atoms with E-state index in [1.807, 2.05) is 36.5 Å². The van der Waals surface area contributed by atoms with Gasteiger partial charge in [-0.3, -0.25) is 4.90 Å². The van der Waals surface area contributed by atoms with Crippen LogP contribution in [0.25, 0.3) is 0 Å². The van der Waals surface area contributed by atoms with Crippen LogP contribution in [0.2, 0.25) is 5.02 Å². The zero-order valence-electron chi connectivity index (χ0n) is 15.2. The van der Waals surface area contributed by atoms with E-state index in [9.17, 15) is 0 Å². The van der Waals surface area contributed by atoms with Crippen LogP contribution in [0.5, 0.6) is 0 Å². The lowest BCUT2D eigenvalue weighted by molar-refractivity contribution is 0.114. The summed E-state index contributed by atoms with van der Waals surface area (Å²) in [4.78, 5) is 6.30. The SMILES string of the molecule is Cc1ccc(NC(=S)NCC(c2cccs2)N2CCN(C)CC2)cc1Cl. The number of nitrogens with one attached hydrogen (secondary N) is 2. The molecular formula is C19H25ClN4S2. The van der Waals surface area contributed by atoms with Gasteiger partial charge >= 0.3 is 0 Å². The summed E-state index contributed by atoms with van der Waals surface area (Å²) in [6.07, 6.45) is 0. The molecule has 4 nitrogen and oxygen atoms in total. The minimum Gasteiger partial charge on any atom is -0.360 e. The van der Waals surface area contributed by atoms with Crippen LogP contribution in [0.15, 0.2) is 35.7 Å². The molecule has 2 N–H and O–H groups in total. The number of hydrogen-bond donors (Lipinski definition) is 2. The summed E-state index contributed by atoms with van der Waals surface area (Å²) in [5, 5.41) is 10.1. The first-order valence-electron chi connectivity index (χ1n) is 8.80. The van der Waals surface area contributed by atoms with Crippen molar-refractivity contribution in [2.24, 2.45) is 0 Å². The van der Waals surface area contributed by atoms with E-state index >= 15 is 0 Å². The van der Waals surface area contributed by atoms with E-state index < -0.39 is 0 Å². The molecule has 0 spiro atoms. The first-order chi connectivity index (χ1) is 12.5. The first kappa shape index (κ1) is 19.6. The Hall–Kier alpha value is -1.18. The van der Waals surface area contributed by atoms with E-state index in [0.717, 1.165) is 49.0 Å². The molecule has 1 saturated heterocycles. The average molecular weight is 409 g/mol. The largest absolute Gasteiger partial charge is 0.360 e. The van der Waals surface area contributed by atoms with Crippen molar-refractivity contribution in [2.45, 2.75) is 13.0 Å². The van der Waals surface area contributed by atoms with Gasteiger partial charge in [-0.1, -0.05) is 23.7 Å². The van der Waals surface area contributed by atoms with E-state index in [1.54, 1.807) is 0 Å². The van der Waals surface area contributed by atoms with Gasteiger partial charge in [0, 0.05) is 48.3 Å². The third kappa shape index (κ3) is 5.18. The molecule has 26 heavy (non-hydrogen) atoms. The van der Waals surface area contributed by atoms with E-state index in [1.165, 1.54) is 4.88 Å². The van der Waals surface area contributed by atoms with Gasteiger partial charge in [-0.25, -0.2) is 0 Å². The second kappa shape index (κ2) is 9.15. The number of thiophene rings is 1. The molecule has 0 bridgehead atoms. The highest BCUT2D eigenvalue weighted by atomic mass is 35.5. The Morgan fingerprint density at radius 3 is 2.69 bits per heavy atom. The highest BCUT2D eigenvalue weighted by molar-refractivity contribution is 7.80. The van der Waals surface area contributed by atoms with Crippen LogP contribution in [-0.2, 0) is 0 Å². The zero-order valence-corrected chi connectivity index (χ0v) is 17.6. The summed E-state index contributed by atoms with van der Waals surface area (Å²) in [5.41, 5.74) is 1.97. The van der Waals surface area contributed by atoms with Crippen LogP contribution in [0.4, 0.5) is 5.69 Å². The number of thiocarbonyl (C=S) groups is 1. The Bertz CT molecular complexity index is 727. The lowest BCUT2D eigenvalue weighted by Crippen LogP contribution is -2.48. The van der Waals surface area contributed by atoms with Gasteiger partial charge in [0.25, 0.3) is 0 Å². The summed E-state index contributed by atoms with van der Waals surface area (Å²) in [6.45, 7) is 7.14. The predicted octanol–water partition coefficient (Wildman–Crippen LogP) is 3.99. The molecule has 140 valence electrons. The summed E-state index contributed by atoms with van der Waals surface area (Å²) in [7, 11) is 2.18. The molecule has 2 heterocycles. The number of benzene rings is 1. The summed E-state index contributed by atoms with van der Waals surface area (Å²) >= 11 is 13.5. The van der Waals surface area contributed by atoms with Gasteiger partial charge in [-0.15, -0.1) is 11.3 Å². The number of aryl methyl sites for hydroxylation is 1. The monoisotopic (exact) mass is 408 g/mol.